The van der Waals surface area contributed by atoms with E-state index in [-0.39, 0.29) is 6.04 Å². The Labute approximate surface area is 121 Å². The highest BCUT2D eigenvalue weighted by atomic mass is 16.5. The lowest BCUT2D eigenvalue weighted by Gasteiger charge is -2.12. The van der Waals surface area contributed by atoms with Crippen LogP contribution in [0.4, 0.5) is 0 Å². The van der Waals surface area contributed by atoms with Gasteiger partial charge in [0.1, 0.15) is 5.75 Å². The standard InChI is InChI=1S/C18H23NO/c1-15-7-5-8-16(13-15)14-17(19)9-6-12-20-18-10-3-2-4-11-18/h2-5,7-8,10-11,13,17H,6,9,12,14,19H2,1H3. The van der Waals surface area contributed by atoms with Crippen LogP contribution >= 0.6 is 0 Å². The highest BCUT2D eigenvalue weighted by Crippen LogP contribution is 2.11. The Hall–Kier alpha value is -1.80. The molecule has 2 aromatic rings. The number of rotatable bonds is 7. The minimum absolute atomic E-state index is 0.205. The van der Waals surface area contributed by atoms with Gasteiger partial charge in [-0.1, -0.05) is 48.0 Å². The average molecular weight is 269 g/mol. The van der Waals surface area contributed by atoms with Gasteiger partial charge < -0.3 is 10.5 Å². The molecule has 0 heterocycles. The molecule has 0 saturated heterocycles. The summed E-state index contributed by atoms with van der Waals surface area (Å²) in [4.78, 5) is 0. The zero-order valence-corrected chi connectivity index (χ0v) is 12.1. The van der Waals surface area contributed by atoms with Crippen molar-refractivity contribution in [2.45, 2.75) is 32.2 Å². The summed E-state index contributed by atoms with van der Waals surface area (Å²) in [5, 5.41) is 0. The lowest BCUT2D eigenvalue weighted by atomic mass is 10.0. The number of nitrogens with two attached hydrogens (primary N) is 1. The van der Waals surface area contributed by atoms with E-state index in [2.05, 4.69) is 31.2 Å². The molecular formula is C18H23NO. The van der Waals surface area contributed by atoms with Crippen LogP contribution in [0.2, 0.25) is 0 Å². The van der Waals surface area contributed by atoms with E-state index in [1.165, 1.54) is 11.1 Å². The Morgan fingerprint density at radius 2 is 1.85 bits per heavy atom. The van der Waals surface area contributed by atoms with Crippen molar-refractivity contribution in [1.82, 2.24) is 0 Å². The molecule has 0 aromatic heterocycles. The molecule has 0 saturated carbocycles. The molecule has 1 atom stereocenters. The molecule has 0 aliphatic heterocycles. The van der Waals surface area contributed by atoms with Gasteiger partial charge in [0.05, 0.1) is 6.61 Å². The van der Waals surface area contributed by atoms with E-state index >= 15 is 0 Å². The summed E-state index contributed by atoms with van der Waals surface area (Å²) in [7, 11) is 0. The topological polar surface area (TPSA) is 35.2 Å². The van der Waals surface area contributed by atoms with Gasteiger partial charge in [0.2, 0.25) is 0 Å². The zero-order chi connectivity index (χ0) is 14.2. The van der Waals surface area contributed by atoms with Gasteiger partial charge in [0.25, 0.3) is 0 Å². The van der Waals surface area contributed by atoms with Crippen LogP contribution in [0.3, 0.4) is 0 Å². The fraction of sp³-hybridized carbons (Fsp3) is 0.333. The molecular weight excluding hydrogens is 246 g/mol. The first kappa shape index (κ1) is 14.6. The predicted molar refractivity (Wildman–Crippen MR) is 84.0 cm³/mol. The van der Waals surface area contributed by atoms with Gasteiger partial charge in [-0.3, -0.25) is 0 Å². The summed E-state index contributed by atoms with van der Waals surface area (Å²) >= 11 is 0. The van der Waals surface area contributed by atoms with Crippen LogP contribution in [0.5, 0.6) is 5.75 Å². The van der Waals surface area contributed by atoms with Crippen LogP contribution in [0.15, 0.2) is 54.6 Å². The van der Waals surface area contributed by atoms with Gasteiger partial charge in [-0.15, -0.1) is 0 Å². The Balaban J connectivity index is 1.66. The molecule has 0 aliphatic carbocycles. The maximum Gasteiger partial charge on any atom is 0.119 e. The van der Waals surface area contributed by atoms with Crippen molar-refractivity contribution in [3.63, 3.8) is 0 Å². The van der Waals surface area contributed by atoms with Crippen LogP contribution < -0.4 is 10.5 Å². The minimum Gasteiger partial charge on any atom is -0.494 e. The van der Waals surface area contributed by atoms with Gasteiger partial charge in [0, 0.05) is 6.04 Å². The van der Waals surface area contributed by atoms with E-state index in [0.717, 1.165) is 31.6 Å². The van der Waals surface area contributed by atoms with Crippen LogP contribution in [0.1, 0.15) is 24.0 Å². The Morgan fingerprint density at radius 1 is 1.05 bits per heavy atom. The first-order valence-corrected chi connectivity index (χ1v) is 7.23. The average Bonchev–Trinajstić information content (AvgIpc) is 2.45. The second-order valence-corrected chi connectivity index (χ2v) is 5.26. The van der Waals surface area contributed by atoms with E-state index in [9.17, 15) is 0 Å². The first-order chi connectivity index (χ1) is 9.74. The van der Waals surface area contributed by atoms with Gasteiger partial charge in [-0.05, 0) is 43.9 Å². The van der Waals surface area contributed by atoms with Gasteiger partial charge in [0.15, 0.2) is 0 Å². The van der Waals surface area contributed by atoms with Crippen LogP contribution in [-0.4, -0.2) is 12.6 Å². The fourth-order valence-electron chi connectivity index (χ4n) is 2.30. The SMILES string of the molecule is Cc1cccc(CC(N)CCCOc2ccccc2)c1. The molecule has 0 bridgehead atoms. The maximum atomic E-state index is 6.18. The summed E-state index contributed by atoms with van der Waals surface area (Å²) in [6.45, 7) is 2.84. The zero-order valence-electron chi connectivity index (χ0n) is 12.1. The Bertz CT molecular complexity index is 510. The molecule has 2 aromatic carbocycles. The number of para-hydroxylation sites is 1. The van der Waals surface area contributed by atoms with E-state index in [4.69, 9.17) is 10.5 Å². The molecule has 2 nitrogen and oxygen atoms in total. The summed E-state index contributed by atoms with van der Waals surface area (Å²) < 4.78 is 5.67. The lowest BCUT2D eigenvalue weighted by molar-refractivity contribution is 0.301. The van der Waals surface area contributed by atoms with Crippen molar-refractivity contribution < 1.29 is 4.74 Å². The summed E-state index contributed by atoms with van der Waals surface area (Å²) in [6.07, 6.45) is 2.91. The quantitative estimate of drug-likeness (QED) is 0.777. The third-order valence-corrected chi connectivity index (χ3v) is 3.31. The predicted octanol–water partition coefficient (Wildman–Crippen LogP) is 3.72. The van der Waals surface area contributed by atoms with Crippen LogP contribution in [0, 0.1) is 6.92 Å². The molecule has 20 heavy (non-hydrogen) atoms. The summed E-state index contributed by atoms with van der Waals surface area (Å²) in [5.41, 5.74) is 8.79. The Morgan fingerprint density at radius 3 is 2.60 bits per heavy atom. The van der Waals surface area contributed by atoms with Crippen LogP contribution in [0.25, 0.3) is 0 Å². The summed E-state index contributed by atoms with van der Waals surface area (Å²) in [6, 6.07) is 18.7. The van der Waals surface area contributed by atoms with Crippen molar-refractivity contribution in [2.75, 3.05) is 6.61 Å². The van der Waals surface area contributed by atoms with Gasteiger partial charge in [-0.25, -0.2) is 0 Å². The number of ether oxygens (including phenoxy) is 1. The molecule has 106 valence electrons. The van der Waals surface area contributed by atoms with Gasteiger partial charge in [-0.2, -0.15) is 0 Å². The molecule has 2 heteroatoms. The second kappa shape index (κ2) is 7.71. The molecule has 0 fully saturated rings. The van der Waals surface area contributed by atoms with Crippen LogP contribution in [-0.2, 0) is 6.42 Å². The van der Waals surface area contributed by atoms with E-state index in [0.29, 0.717) is 0 Å². The molecule has 0 spiro atoms. The number of hydrogen-bond acceptors (Lipinski definition) is 2. The summed E-state index contributed by atoms with van der Waals surface area (Å²) in [5.74, 6) is 0.930. The van der Waals surface area contributed by atoms with Gasteiger partial charge >= 0.3 is 0 Å². The molecule has 0 radical (unpaired) electrons. The first-order valence-electron chi connectivity index (χ1n) is 7.23. The van der Waals surface area contributed by atoms with E-state index in [1.54, 1.807) is 0 Å². The number of benzene rings is 2. The molecule has 2 N–H and O–H groups in total. The van der Waals surface area contributed by atoms with Crippen molar-refractivity contribution in [3.05, 3.63) is 65.7 Å². The molecule has 0 amide bonds. The molecule has 1 unspecified atom stereocenters. The number of hydrogen-bond donors (Lipinski definition) is 1. The minimum atomic E-state index is 0.205. The van der Waals surface area contributed by atoms with E-state index < -0.39 is 0 Å². The second-order valence-electron chi connectivity index (χ2n) is 5.26. The third kappa shape index (κ3) is 5.06. The number of aryl methyl sites for hydroxylation is 1. The third-order valence-electron chi connectivity index (χ3n) is 3.31. The highest BCUT2D eigenvalue weighted by molar-refractivity contribution is 5.23. The van der Waals surface area contributed by atoms with E-state index in [1.807, 2.05) is 30.3 Å². The smallest absolute Gasteiger partial charge is 0.119 e. The largest absolute Gasteiger partial charge is 0.494 e. The molecule has 0 aliphatic rings. The maximum absolute atomic E-state index is 6.18. The van der Waals surface area contributed by atoms with Crippen molar-refractivity contribution in [3.8, 4) is 5.75 Å². The van der Waals surface area contributed by atoms with Crippen molar-refractivity contribution in [2.24, 2.45) is 5.73 Å². The Kier molecular flexibility index (Phi) is 5.63. The van der Waals surface area contributed by atoms with Crippen molar-refractivity contribution in [1.29, 1.82) is 0 Å². The monoisotopic (exact) mass is 269 g/mol. The highest BCUT2D eigenvalue weighted by Gasteiger charge is 2.04. The normalized spacial score (nSPS) is 12.1. The molecule has 2 rings (SSSR count). The van der Waals surface area contributed by atoms with Crippen molar-refractivity contribution >= 4 is 0 Å². The fourth-order valence-corrected chi connectivity index (χ4v) is 2.30. The lowest BCUT2D eigenvalue weighted by Crippen LogP contribution is -2.23.